The SMILES string of the molecule is CC(C)C(C)c1c(CCC(C)C(C)N2CCNCC2)n(C)c(=O)[nH]c1=O. The van der Waals surface area contributed by atoms with Gasteiger partial charge in [-0.1, -0.05) is 27.7 Å². The zero-order valence-electron chi connectivity index (χ0n) is 17.3. The van der Waals surface area contributed by atoms with E-state index < -0.39 is 0 Å². The quantitative estimate of drug-likeness (QED) is 0.773. The van der Waals surface area contributed by atoms with Crippen LogP contribution >= 0.6 is 0 Å². The molecule has 0 saturated carbocycles. The Balaban J connectivity index is 2.20. The van der Waals surface area contributed by atoms with Crippen molar-refractivity contribution in [2.75, 3.05) is 26.2 Å². The molecule has 0 bridgehead atoms. The third-order valence-corrected chi connectivity index (χ3v) is 6.33. The summed E-state index contributed by atoms with van der Waals surface area (Å²) in [4.78, 5) is 29.6. The molecule has 26 heavy (non-hydrogen) atoms. The van der Waals surface area contributed by atoms with Crippen molar-refractivity contribution in [3.63, 3.8) is 0 Å². The average molecular weight is 365 g/mol. The molecule has 0 radical (unpaired) electrons. The second-order valence-corrected chi connectivity index (χ2v) is 8.25. The maximum absolute atomic E-state index is 12.5. The second kappa shape index (κ2) is 9.00. The first kappa shape index (κ1) is 20.9. The molecule has 1 aliphatic heterocycles. The van der Waals surface area contributed by atoms with Gasteiger partial charge in [0.15, 0.2) is 0 Å². The highest BCUT2D eigenvalue weighted by Crippen LogP contribution is 2.25. The van der Waals surface area contributed by atoms with Gasteiger partial charge >= 0.3 is 5.69 Å². The third kappa shape index (κ3) is 4.65. The normalized spacial score (nSPS) is 19.5. The number of hydrogen-bond acceptors (Lipinski definition) is 4. The lowest BCUT2D eigenvalue weighted by Crippen LogP contribution is -2.49. The Bertz CT molecular complexity index is 701. The highest BCUT2D eigenvalue weighted by atomic mass is 16.2. The minimum Gasteiger partial charge on any atom is -0.314 e. The highest BCUT2D eigenvalue weighted by Gasteiger charge is 2.24. The molecule has 0 spiro atoms. The summed E-state index contributed by atoms with van der Waals surface area (Å²) in [5.74, 6) is 0.982. The molecule has 1 saturated heterocycles. The van der Waals surface area contributed by atoms with Crippen LogP contribution in [0.25, 0.3) is 0 Å². The predicted molar refractivity (Wildman–Crippen MR) is 107 cm³/mol. The summed E-state index contributed by atoms with van der Waals surface area (Å²) in [5.41, 5.74) is 1.16. The van der Waals surface area contributed by atoms with Gasteiger partial charge in [-0.3, -0.25) is 14.7 Å². The van der Waals surface area contributed by atoms with Crippen LogP contribution in [0.1, 0.15) is 58.2 Å². The molecular formula is C20H36N4O2. The van der Waals surface area contributed by atoms with Gasteiger partial charge in [0.2, 0.25) is 0 Å². The summed E-state index contributed by atoms with van der Waals surface area (Å²) in [6.45, 7) is 15.2. The Kier molecular flexibility index (Phi) is 7.24. The van der Waals surface area contributed by atoms with Crippen molar-refractivity contribution >= 4 is 0 Å². The van der Waals surface area contributed by atoms with Crippen LogP contribution in [-0.4, -0.2) is 46.7 Å². The molecule has 0 amide bonds. The number of nitrogens with zero attached hydrogens (tertiary/aromatic N) is 2. The summed E-state index contributed by atoms with van der Waals surface area (Å²) < 4.78 is 1.64. The smallest absolute Gasteiger partial charge is 0.314 e. The minimum atomic E-state index is -0.312. The minimum absolute atomic E-state index is 0.126. The van der Waals surface area contributed by atoms with E-state index in [2.05, 4.69) is 49.8 Å². The molecule has 148 valence electrons. The zero-order chi connectivity index (χ0) is 19.4. The van der Waals surface area contributed by atoms with Crippen LogP contribution in [0, 0.1) is 11.8 Å². The van der Waals surface area contributed by atoms with Crippen LogP contribution < -0.4 is 16.6 Å². The molecule has 1 aromatic rings. The lowest BCUT2D eigenvalue weighted by Gasteiger charge is -2.36. The van der Waals surface area contributed by atoms with E-state index in [-0.39, 0.29) is 17.2 Å². The fraction of sp³-hybridized carbons (Fsp3) is 0.800. The van der Waals surface area contributed by atoms with E-state index in [1.807, 2.05) is 0 Å². The van der Waals surface area contributed by atoms with Gasteiger partial charge in [0, 0.05) is 50.5 Å². The van der Waals surface area contributed by atoms with Crippen molar-refractivity contribution < 1.29 is 0 Å². The molecule has 1 fully saturated rings. The summed E-state index contributed by atoms with van der Waals surface area (Å²) in [7, 11) is 1.77. The second-order valence-electron chi connectivity index (χ2n) is 8.25. The van der Waals surface area contributed by atoms with E-state index >= 15 is 0 Å². The van der Waals surface area contributed by atoms with Gasteiger partial charge in [-0.25, -0.2) is 4.79 Å². The molecule has 3 unspecified atom stereocenters. The van der Waals surface area contributed by atoms with Crippen molar-refractivity contribution in [1.29, 1.82) is 0 Å². The fourth-order valence-corrected chi connectivity index (χ4v) is 3.84. The molecule has 1 aliphatic rings. The number of hydrogen-bond donors (Lipinski definition) is 2. The van der Waals surface area contributed by atoms with Gasteiger partial charge in [-0.15, -0.1) is 0 Å². The molecule has 2 N–H and O–H groups in total. The Morgan fingerprint density at radius 1 is 1.04 bits per heavy atom. The largest absolute Gasteiger partial charge is 0.328 e. The molecule has 3 atom stereocenters. The van der Waals surface area contributed by atoms with E-state index in [9.17, 15) is 9.59 Å². The van der Waals surface area contributed by atoms with Gasteiger partial charge in [0.05, 0.1) is 0 Å². The van der Waals surface area contributed by atoms with E-state index in [0.29, 0.717) is 17.9 Å². The number of aromatic nitrogens is 2. The number of rotatable bonds is 7. The monoisotopic (exact) mass is 364 g/mol. The van der Waals surface area contributed by atoms with Crippen LogP contribution in [0.2, 0.25) is 0 Å². The van der Waals surface area contributed by atoms with Crippen LogP contribution in [0.5, 0.6) is 0 Å². The zero-order valence-corrected chi connectivity index (χ0v) is 17.3. The maximum Gasteiger partial charge on any atom is 0.328 e. The standard InChI is InChI=1S/C20H36N4O2/c1-13(2)15(4)18-17(23(6)20(26)22-19(18)25)8-7-14(3)16(5)24-11-9-21-10-12-24/h13-16,21H,7-12H2,1-6H3,(H,22,25,26). The lowest BCUT2D eigenvalue weighted by molar-refractivity contribution is 0.138. The first-order valence-electron chi connectivity index (χ1n) is 10.0. The van der Waals surface area contributed by atoms with Gasteiger partial charge < -0.3 is 9.88 Å². The molecule has 0 aromatic carbocycles. The molecule has 2 rings (SSSR count). The fourth-order valence-electron chi connectivity index (χ4n) is 3.84. The third-order valence-electron chi connectivity index (χ3n) is 6.33. The first-order valence-corrected chi connectivity index (χ1v) is 10.0. The van der Waals surface area contributed by atoms with Crippen molar-refractivity contribution in [1.82, 2.24) is 19.8 Å². The van der Waals surface area contributed by atoms with Crippen LogP contribution in [0.3, 0.4) is 0 Å². The summed E-state index contributed by atoms with van der Waals surface area (Å²) >= 11 is 0. The van der Waals surface area contributed by atoms with Crippen LogP contribution in [-0.2, 0) is 13.5 Å². The van der Waals surface area contributed by atoms with Crippen molar-refractivity contribution in [2.45, 2.75) is 59.4 Å². The average Bonchev–Trinajstić information content (AvgIpc) is 2.62. The summed E-state index contributed by atoms with van der Waals surface area (Å²) in [6, 6.07) is 0.502. The Morgan fingerprint density at radius 3 is 2.23 bits per heavy atom. The van der Waals surface area contributed by atoms with E-state index in [0.717, 1.165) is 50.3 Å². The lowest BCUT2D eigenvalue weighted by atomic mass is 9.87. The van der Waals surface area contributed by atoms with Gasteiger partial charge in [-0.2, -0.15) is 0 Å². The van der Waals surface area contributed by atoms with Crippen molar-refractivity contribution in [3.05, 3.63) is 32.1 Å². The predicted octanol–water partition coefficient (Wildman–Crippen LogP) is 1.70. The maximum atomic E-state index is 12.5. The van der Waals surface area contributed by atoms with Crippen molar-refractivity contribution in [3.8, 4) is 0 Å². The molecular weight excluding hydrogens is 328 g/mol. The molecule has 0 aliphatic carbocycles. The highest BCUT2D eigenvalue weighted by molar-refractivity contribution is 5.22. The number of nitrogens with one attached hydrogen (secondary N) is 2. The number of piperazine rings is 1. The van der Waals surface area contributed by atoms with Gasteiger partial charge in [0.25, 0.3) is 5.56 Å². The van der Waals surface area contributed by atoms with E-state index in [1.54, 1.807) is 11.6 Å². The van der Waals surface area contributed by atoms with Gasteiger partial charge in [-0.05, 0) is 37.5 Å². The van der Waals surface area contributed by atoms with Crippen LogP contribution in [0.4, 0.5) is 0 Å². The van der Waals surface area contributed by atoms with Gasteiger partial charge in [0.1, 0.15) is 0 Å². The first-order chi connectivity index (χ1) is 12.2. The number of aromatic amines is 1. The molecule has 6 heteroatoms. The van der Waals surface area contributed by atoms with E-state index in [4.69, 9.17) is 0 Å². The molecule has 2 heterocycles. The van der Waals surface area contributed by atoms with Crippen LogP contribution in [0.15, 0.2) is 9.59 Å². The number of H-pyrrole nitrogens is 1. The Morgan fingerprint density at radius 2 is 1.65 bits per heavy atom. The Labute approximate surface area is 157 Å². The van der Waals surface area contributed by atoms with Crippen molar-refractivity contribution in [2.24, 2.45) is 18.9 Å². The summed E-state index contributed by atoms with van der Waals surface area (Å²) in [5, 5.41) is 3.40. The molecule has 6 nitrogen and oxygen atoms in total. The Hall–Kier alpha value is -1.40. The molecule has 1 aromatic heterocycles. The topological polar surface area (TPSA) is 70.1 Å². The van der Waals surface area contributed by atoms with E-state index in [1.165, 1.54) is 0 Å². The summed E-state index contributed by atoms with van der Waals surface area (Å²) in [6.07, 6.45) is 1.74.